The number of hydrogen-bond acceptors (Lipinski definition) is 2. The zero-order valence-electron chi connectivity index (χ0n) is 9.09. The average molecular weight is 198 g/mol. The maximum atomic E-state index is 4.39. The Bertz CT molecular complexity index is 264. The minimum Gasteiger partial charge on any atom is -0.272 e. The van der Waals surface area contributed by atoms with Crippen LogP contribution in [0, 0.1) is 12.3 Å². The van der Waals surface area contributed by atoms with Crippen LogP contribution in [0.4, 0.5) is 0 Å². The van der Waals surface area contributed by atoms with Crippen LogP contribution in [0.1, 0.15) is 26.5 Å². The molecule has 0 aromatic carbocycles. The fourth-order valence-electron chi connectivity index (χ4n) is 0.889. The summed E-state index contributed by atoms with van der Waals surface area (Å²) in [5.74, 6) is 1.11. The average Bonchev–Trinajstić information content (AvgIpc) is 2.27. The van der Waals surface area contributed by atoms with Gasteiger partial charge in [-0.05, 0) is 18.4 Å². The van der Waals surface area contributed by atoms with Gasteiger partial charge in [-0.3, -0.25) is 4.68 Å². The predicted molar refractivity (Wildman–Crippen MR) is 58.1 cm³/mol. The van der Waals surface area contributed by atoms with E-state index in [2.05, 4.69) is 38.9 Å². The molecule has 1 heterocycles. The number of thioether (sulfide) groups is 1. The third-order valence-electron chi connectivity index (χ3n) is 1.74. The lowest BCUT2D eigenvalue weighted by Gasteiger charge is -2.15. The van der Waals surface area contributed by atoms with Gasteiger partial charge in [-0.15, -0.1) is 11.8 Å². The Morgan fingerprint density at radius 3 is 2.46 bits per heavy atom. The predicted octanol–water partition coefficient (Wildman–Crippen LogP) is 2.87. The number of hydrogen-bond donors (Lipinski definition) is 0. The third kappa shape index (κ3) is 3.43. The minimum absolute atomic E-state index is 0.371. The molecule has 13 heavy (non-hydrogen) atoms. The lowest BCUT2D eigenvalue weighted by Crippen LogP contribution is -2.08. The number of aromatic nitrogens is 2. The summed E-state index contributed by atoms with van der Waals surface area (Å²) < 4.78 is 1.92. The van der Waals surface area contributed by atoms with Gasteiger partial charge in [0, 0.05) is 18.5 Å². The first-order valence-electron chi connectivity index (χ1n) is 4.52. The Balaban J connectivity index is 2.56. The molecule has 3 heteroatoms. The standard InChI is InChI=1S/C10H18N2S/c1-8-6-9(11-12(8)5)13-7-10(2,3)4/h6H,7H2,1-5H3. The highest BCUT2D eigenvalue weighted by molar-refractivity contribution is 7.99. The maximum absolute atomic E-state index is 4.39. The van der Waals surface area contributed by atoms with Crippen molar-refractivity contribution < 1.29 is 0 Å². The topological polar surface area (TPSA) is 17.8 Å². The van der Waals surface area contributed by atoms with E-state index >= 15 is 0 Å². The number of rotatable bonds is 2. The molecular weight excluding hydrogens is 180 g/mol. The van der Waals surface area contributed by atoms with E-state index in [0.29, 0.717) is 5.41 Å². The second kappa shape index (κ2) is 3.74. The summed E-state index contributed by atoms with van der Waals surface area (Å²) in [5, 5.41) is 5.53. The molecule has 0 atom stereocenters. The van der Waals surface area contributed by atoms with Crippen LogP contribution in [-0.4, -0.2) is 15.5 Å². The summed E-state index contributed by atoms with van der Waals surface area (Å²) in [5.41, 5.74) is 1.59. The van der Waals surface area contributed by atoms with E-state index < -0.39 is 0 Å². The fraction of sp³-hybridized carbons (Fsp3) is 0.700. The SMILES string of the molecule is Cc1cc(SCC(C)(C)C)nn1C. The maximum Gasteiger partial charge on any atom is 0.118 e. The molecule has 0 amide bonds. The van der Waals surface area contributed by atoms with E-state index in [1.54, 1.807) is 0 Å². The van der Waals surface area contributed by atoms with Gasteiger partial charge in [0.25, 0.3) is 0 Å². The van der Waals surface area contributed by atoms with E-state index in [-0.39, 0.29) is 0 Å². The van der Waals surface area contributed by atoms with Crippen LogP contribution in [0.2, 0.25) is 0 Å². The normalized spacial score (nSPS) is 12.1. The second-order valence-electron chi connectivity index (χ2n) is 4.60. The Morgan fingerprint density at radius 1 is 1.46 bits per heavy atom. The van der Waals surface area contributed by atoms with Gasteiger partial charge in [-0.2, -0.15) is 5.10 Å². The number of nitrogens with zero attached hydrogens (tertiary/aromatic N) is 2. The molecule has 74 valence electrons. The molecule has 0 unspecified atom stereocenters. The molecule has 0 spiro atoms. The molecule has 1 rings (SSSR count). The first kappa shape index (κ1) is 10.6. The Hall–Kier alpha value is -0.440. The van der Waals surface area contributed by atoms with Crippen LogP contribution in [0.5, 0.6) is 0 Å². The molecule has 0 aliphatic carbocycles. The van der Waals surface area contributed by atoms with Crippen molar-refractivity contribution in [2.24, 2.45) is 12.5 Å². The first-order valence-corrected chi connectivity index (χ1v) is 5.50. The molecule has 0 saturated heterocycles. The zero-order valence-corrected chi connectivity index (χ0v) is 9.90. The highest BCUT2D eigenvalue weighted by Crippen LogP contribution is 2.26. The first-order chi connectivity index (χ1) is 5.88. The Morgan fingerprint density at radius 2 is 2.08 bits per heavy atom. The zero-order chi connectivity index (χ0) is 10.1. The van der Waals surface area contributed by atoms with E-state index in [1.807, 2.05) is 23.5 Å². The van der Waals surface area contributed by atoms with Crippen molar-refractivity contribution in [3.63, 3.8) is 0 Å². The van der Waals surface area contributed by atoms with Crippen molar-refractivity contribution in [3.05, 3.63) is 11.8 Å². The minimum atomic E-state index is 0.371. The van der Waals surface area contributed by atoms with Gasteiger partial charge in [-0.1, -0.05) is 20.8 Å². The summed E-state index contributed by atoms with van der Waals surface area (Å²) in [6, 6.07) is 2.14. The largest absolute Gasteiger partial charge is 0.272 e. The molecule has 2 nitrogen and oxygen atoms in total. The van der Waals surface area contributed by atoms with Gasteiger partial charge in [-0.25, -0.2) is 0 Å². The smallest absolute Gasteiger partial charge is 0.118 e. The summed E-state index contributed by atoms with van der Waals surface area (Å²) in [6.45, 7) is 8.82. The molecular formula is C10H18N2S. The van der Waals surface area contributed by atoms with Gasteiger partial charge in [0.05, 0.1) is 0 Å². The van der Waals surface area contributed by atoms with Crippen molar-refractivity contribution in [2.75, 3.05) is 5.75 Å². The molecule has 0 radical (unpaired) electrons. The summed E-state index contributed by atoms with van der Waals surface area (Å²) in [7, 11) is 1.98. The summed E-state index contributed by atoms with van der Waals surface area (Å²) >= 11 is 1.83. The lowest BCUT2D eigenvalue weighted by atomic mass is 10.0. The molecule has 0 fully saturated rings. The second-order valence-corrected chi connectivity index (χ2v) is 5.59. The molecule has 0 aliphatic rings. The van der Waals surface area contributed by atoms with Gasteiger partial charge < -0.3 is 0 Å². The Labute approximate surface area is 84.7 Å². The van der Waals surface area contributed by atoms with Crippen LogP contribution in [0.25, 0.3) is 0 Å². The van der Waals surface area contributed by atoms with Crippen LogP contribution in [0.3, 0.4) is 0 Å². The molecule has 0 saturated carbocycles. The quantitative estimate of drug-likeness (QED) is 0.680. The van der Waals surface area contributed by atoms with Gasteiger partial charge >= 0.3 is 0 Å². The molecule has 0 N–H and O–H groups in total. The van der Waals surface area contributed by atoms with Gasteiger partial charge in [0.1, 0.15) is 5.03 Å². The van der Waals surface area contributed by atoms with E-state index in [1.165, 1.54) is 5.69 Å². The highest BCUT2D eigenvalue weighted by Gasteiger charge is 2.12. The molecule has 1 aromatic rings. The highest BCUT2D eigenvalue weighted by atomic mass is 32.2. The van der Waals surface area contributed by atoms with E-state index in [0.717, 1.165) is 10.8 Å². The molecule has 1 aromatic heterocycles. The molecule has 0 aliphatic heterocycles. The number of aryl methyl sites for hydroxylation is 2. The van der Waals surface area contributed by atoms with Crippen LogP contribution < -0.4 is 0 Å². The van der Waals surface area contributed by atoms with E-state index in [4.69, 9.17) is 0 Å². The summed E-state index contributed by atoms with van der Waals surface area (Å²) in [4.78, 5) is 0. The Kier molecular flexibility index (Phi) is 3.06. The fourth-order valence-corrected chi connectivity index (χ4v) is 1.90. The van der Waals surface area contributed by atoms with Crippen LogP contribution in [-0.2, 0) is 7.05 Å². The van der Waals surface area contributed by atoms with E-state index in [9.17, 15) is 0 Å². The monoisotopic (exact) mass is 198 g/mol. The van der Waals surface area contributed by atoms with Crippen molar-refractivity contribution >= 4 is 11.8 Å². The van der Waals surface area contributed by atoms with Crippen LogP contribution >= 0.6 is 11.8 Å². The van der Waals surface area contributed by atoms with Crippen LogP contribution in [0.15, 0.2) is 11.1 Å². The third-order valence-corrected chi connectivity index (χ3v) is 3.25. The van der Waals surface area contributed by atoms with Crippen molar-refractivity contribution in [1.29, 1.82) is 0 Å². The van der Waals surface area contributed by atoms with Gasteiger partial charge in [0.15, 0.2) is 0 Å². The van der Waals surface area contributed by atoms with Crippen molar-refractivity contribution in [2.45, 2.75) is 32.7 Å². The summed E-state index contributed by atoms with van der Waals surface area (Å²) in [6.07, 6.45) is 0. The van der Waals surface area contributed by atoms with Gasteiger partial charge in [0.2, 0.25) is 0 Å². The van der Waals surface area contributed by atoms with Crippen molar-refractivity contribution in [1.82, 2.24) is 9.78 Å². The van der Waals surface area contributed by atoms with Crippen molar-refractivity contribution in [3.8, 4) is 0 Å². The molecule has 0 bridgehead atoms. The lowest BCUT2D eigenvalue weighted by molar-refractivity contribution is 0.480.